The summed E-state index contributed by atoms with van der Waals surface area (Å²) in [5, 5.41) is 10.9. The van der Waals surface area contributed by atoms with Crippen LogP contribution in [0.15, 0.2) is 18.2 Å². The molecule has 5 heteroatoms. The Morgan fingerprint density at radius 2 is 1.95 bits per heavy atom. The van der Waals surface area contributed by atoms with Crippen LogP contribution in [-0.2, 0) is 6.54 Å². The van der Waals surface area contributed by atoms with Gasteiger partial charge in [-0.2, -0.15) is 0 Å². The molecule has 0 amide bonds. The van der Waals surface area contributed by atoms with E-state index < -0.39 is 0 Å². The molecule has 1 aromatic rings. The van der Waals surface area contributed by atoms with E-state index in [4.69, 9.17) is 4.74 Å². The molecule has 1 aliphatic carbocycles. The van der Waals surface area contributed by atoms with Crippen LogP contribution in [-0.4, -0.2) is 30.0 Å². The van der Waals surface area contributed by atoms with Gasteiger partial charge in [-0.25, -0.2) is 0 Å². The highest BCUT2D eigenvalue weighted by Crippen LogP contribution is 2.28. The fourth-order valence-corrected chi connectivity index (χ4v) is 3.10. The third-order valence-electron chi connectivity index (χ3n) is 4.34. The number of ether oxygens (including phenoxy) is 1. The minimum absolute atomic E-state index is 0.125. The number of non-ortho nitro benzene ring substituents is 1. The predicted molar refractivity (Wildman–Crippen MR) is 82.6 cm³/mol. The maximum absolute atomic E-state index is 10.9. The second kappa shape index (κ2) is 7.41. The third-order valence-corrected chi connectivity index (χ3v) is 4.34. The average molecular weight is 292 g/mol. The summed E-state index contributed by atoms with van der Waals surface area (Å²) < 4.78 is 5.34. The fourth-order valence-electron chi connectivity index (χ4n) is 3.10. The summed E-state index contributed by atoms with van der Waals surface area (Å²) in [5.74, 6) is 0.723. The Balaban J connectivity index is 2.12. The molecule has 0 radical (unpaired) electrons. The van der Waals surface area contributed by atoms with Crippen molar-refractivity contribution in [1.29, 1.82) is 0 Å². The SMILES string of the molecule is COc1ccc([N+](=O)[O-])cc1CN(C)C1CCCCCC1. The van der Waals surface area contributed by atoms with Crippen LogP contribution in [0.3, 0.4) is 0 Å². The molecule has 21 heavy (non-hydrogen) atoms. The second-order valence-electron chi connectivity index (χ2n) is 5.81. The summed E-state index contributed by atoms with van der Waals surface area (Å²) in [7, 11) is 3.71. The van der Waals surface area contributed by atoms with Crippen LogP contribution in [0.4, 0.5) is 5.69 Å². The molecule has 5 nitrogen and oxygen atoms in total. The Morgan fingerprint density at radius 1 is 1.29 bits per heavy atom. The smallest absolute Gasteiger partial charge is 0.270 e. The van der Waals surface area contributed by atoms with Gasteiger partial charge in [-0.1, -0.05) is 25.7 Å². The maximum atomic E-state index is 10.9. The van der Waals surface area contributed by atoms with Gasteiger partial charge in [0.05, 0.1) is 12.0 Å². The van der Waals surface area contributed by atoms with Crippen LogP contribution in [0.1, 0.15) is 44.1 Å². The summed E-state index contributed by atoms with van der Waals surface area (Å²) in [5.41, 5.74) is 1.01. The molecule has 0 atom stereocenters. The van der Waals surface area contributed by atoms with Crippen molar-refractivity contribution in [3.05, 3.63) is 33.9 Å². The predicted octanol–water partition coefficient (Wildman–Crippen LogP) is 3.76. The molecule has 0 aromatic heterocycles. The molecule has 0 N–H and O–H groups in total. The Labute approximate surface area is 126 Å². The summed E-state index contributed by atoms with van der Waals surface area (Å²) in [6.45, 7) is 0.690. The molecule has 1 aliphatic rings. The lowest BCUT2D eigenvalue weighted by molar-refractivity contribution is -0.385. The Hall–Kier alpha value is -1.62. The van der Waals surface area contributed by atoms with Crippen molar-refractivity contribution in [2.24, 2.45) is 0 Å². The van der Waals surface area contributed by atoms with Gasteiger partial charge in [-0.3, -0.25) is 15.0 Å². The summed E-state index contributed by atoms with van der Waals surface area (Å²) in [6, 6.07) is 5.38. The van der Waals surface area contributed by atoms with E-state index in [0.717, 1.165) is 11.3 Å². The zero-order valence-electron chi connectivity index (χ0n) is 12.9. The molecule has 0 unspecified atom stereocenters. The van der Waals surface area contributed by atoms with Gasteiger partial charge in [0, 0.05) is 30.3 Å². The van der Waals surface area contributed by atoms with E-state index >= 15 is 0 Å². The van der Waals surface area contributed by atoms with Crippen molar-refractivity contribution in [3.8, 4) is 5.75 Å². The first-order valence-corrected chi connectivity index (χ1v) is 7.63. The number of nitro benzene ring substituents is 1. The molecule has 1 aromatic carbocycles. The molecule has 0 saturated heterocycles. The van der Waals surface area contributed by atoms with E-state index in [9.17, 15) is 10.1 Å². The van der Waals surface area contributed by atoms with Crippen molar-refractivity contribution in [2.45, 2.75) is 51.1 Å². The van der Waals surface area contributed by atoms with Crippen LogP contribution in [0.25, 0.3) is 0 Å². The molecule has 0 spiro atoms. The van der Waals surface area contributed by atoms with Crippen molar-refractivity contribution in [1.82, 2.24) is 4.90 Å². The lowest BCUT2D eigenvalue weighted by Crippen LogP contribution is -2.30. The Bertz CT molecular complexity index is 482. The zero-order chi connectivity index (χ0) is 15.2. The molecule has 1 fully saturated rings. The van der Waals surface area contributed by atoms with Crippen LogP contribution in [0.2, 0.25) is 0 Å². The zero-order valence-corrected chi connectivity index (χ0v) is 12.9. The largest absolute Gasteiger partial charge is 0.496 e. The molecule has 0 heterocycles. The van der Waals surface area contributed by atoms with Crippen LogP contribution in [0, 0.1) is 10.1 Å². The average Bonchev–Trinajstić information content (AvgIpc) is 2.76. The monoisotopic (exact) mass is 292 g/mol. The Morgan fingerprint density at radius 3 is 2.52 bits per heavy atom. The topological polar surface area (TPSA) is 55.6 Å². The number of nitrogens with zero attached hydrogens (tertiary/aromatic N) is 2. The lowest BCUT2D eigenvalue weighted by Gasteiger charge is -2.27. The molecule has 116 valence electrons. The molecular weight excluding hydrogens is 268 g/mol. The second-order valence-corrected chi connectivity index (χ2v) is 5.81. The van der Waals surface area contributed by atoms with Gasteiger partial charge in [0.25, 0.3) is 5.69 Å². The van der Waals surface area contributed by atoms with Gasteiger partial charge in [0.15, 0.2) is 0 Å². The molecule has 2 rings (SSSR count). The van der Waals surface area contributed by atoms with E-state index in [2.05, 4.69) is 11.9 Å². The number of benzene rings is 1. The number of hydrogen-bond acceptors (Lipinski definition) is 4. The van der Waals surface area contributed by atoms with Gasteiger partial charge in [-0.15, -0.1) is 0 Å². The summed E-state index contributed by atoms with van der Waals surface area (Å²) in [6.07, 6.45) is 7.64. The minimum Gasteiger partial charge on any atom is -0.496 e. The van der Waals surface area contributed by atoms with Gasteiger partial charge in [0.2, 0.25) is 0 Å². The van der Waals surface area contributed by atoms with Crippen LogP contribution in [0.5, 0.6) is 5.75 Å². The number of nitro groups is 1. The molecular formula is C16H24N2O3. The highest BCUT2D eigenvalue weighted by Gasteiger charge is 2.19. The lowest BCUT2D eigenvalue weighted by atomic mass is 10.1. The third kappa shape index (κ3) is 4.17. The first kappa shape index (κ1) is 15.8. The van der Waals surface area contributed by atoms with Gasteiger partial charge in [0.1, 0.15) is 5.75 Å². The van der Waals surface area contributed by atoms with Gasteiger partial charge >= 0.3 is 0 Å². The van der Waals surface area contributed by atoms with Crippen molar-refractivity contribution >= 4 is 5.69 Å². The van der Waals surface area contributed by atoms with Crippen molar-refractivity contribution in [3.63, 3.8) is 0 Å². The first-order chi connectivity index (χ1) is 10.1. The van der Waals surface area contributed by atoms with Crippen LogP contribution >= 0.6 is 0 Å². The molecule has 0 aliphatic heterocycles. The minimum atomic E-state index is -0.353. The quantitative estimate of drug-likeness (QED) is 0.471. The maximum Gasteiger partial charge on any atom is 0.270 e. The van der Waals surface area contributed by atoms with E-state index in [-0.39, 0.29) is 10.6 Å². The first-order valence-electron chi connectivity index (χ1n) is 7.63. The number of rotatable bonds is 5. The fraction of sp³-hybridized carbons (Fsp3) is 0.625. The summed E-state index contributed by atoms with van der Waals surface area (Å²) >= 11 is 0. The molecule has 0 bridgehead atoms. The summed E-state index contributed by atoms with van der Waals surface area (Å²) in [4.78, 5) is 12.9. The van der Waals surface area contributed by atoms with Crippen LogP contribution < -0.4 is 4.74 Å². The van der Waals surface area contributed by atoms with Crippen molar-refractivity contribution < 1.29 is 9.66 Å². The highest BCUT2D eigenvalue weighted by atomic mass is 16.6. The normalized spacial score (nSPS) is 16.7. The standard InChI is InChI=1S/C16H24N2O3/c1-17(14-7-5-3-4-6-8-14)12-13-11-15(18(19)20)9-10-16(13)21-2/h9-11,14H,3-8,12H2,1-2H3. The van der Waals surface area contributed by atoms with E-state index in [1.165, 1.54) is 44.6 Å². The number of hydrogen-bond donors (Lipinski definition) is 0. The number of methoxy groups -OCH3 is 1. The Kier molecular flexibility index (Phi) is 5.56. The van der Waals surface area contributed by atoms with Gasteiger partial charge in [-0.05, 0) is 26.0 Å². The highest BCUT2D eigenvalue weighted by molar-refractivity contribution is 5.43. The molecule has 1 saturated carbocycles. The van der Waals surface area contributed by atoms with Gasteiger partial charge < -0.3 is 4.74 Å². The van der Waals surface area contributed by atoms with E-state index in [1.54, 1.807) is 19.2 Å². The van der Waals surface area contributed by atoms with E-state index in [1.807, 2.05) is 0 Å². The van der Waals surface area contributed by atoms with Crippen molar-refractivity contribution in [2.75, 3.05) is 14.2 Å². The van der Waals surface area contributed by atoms with E-state index in [0.29, 0.717) is 12.6 Å².